The molecule has 1 unspecified atom stereocenters. The van der Waals surface area contributed by atoms with Crippen molar-refractivity contribution in [2.24, 2.45) is 5.73 Å². The average Bonchev–Trinajstić information content (AvgIpc) is 2.91. The summed E-state index contributed by atoms with van der Waals surface area (Å²) in [5.74, 6) is 0. The van der Waals surface area contributed by atoms with E-state index in [9.17, 15) is 0 Å². The van der Waals surface area contributed by atoms with E-state index in [1.807, 2.05) is 11.3 Å². The predicted octanol–water partition coefficient (Wildman–Crippen LogP) is 4.08. The van der Waals surface area contributed by atoms with Crippen LogP contribution in [0.15, 0.2) is 40.2 Å². The molecule has 2 N–H and O–H groups in total. The fourth-order valence-corrected chi connectivity index (χ4v) is 3.79. The molecule has 1 heterocycles. The van der Waals surface area contributed by atoms with Gasteiger partial charge < -0.3 is 10.6 Å². The molecule has 0 spiro atoms. The lowest BCUT2D eigenvalue weighted by atomic mass is 10.1. The molecule has 0 aliphatic rings. The molecule has 0 radical (unpaired) electrons. The van der Waals surface area contributed by atoms with Crippen molar-refractivity contribution < 1.29 is 0 Å². The number of nitrogens with zero attached hydrogens (tertiary/aromatic N) is 1. The normalized spacial score (nSPS) is 12.4. The summed E-state index contributed by atoms with van der Waals surface area (Å²) < 4.78 is 1.14. The molecule has 108 valence electrons. The second-order valence-corrected chi connectivity index (χ2v) is 6.95. The Labute approximate surface area is 133 Å². The first-order valence-corrected chi connectivity index (χ1v) is 8.52. The lowest BCUT2D eigenvalue weighted by Crippen LogP contribution is -2.30. The topological polar surface area (TPSA) is 29.3 Å². The Balaban J connectivity index is 2.09. The average molecular weight is 353 g/mol. The summed E-state index contributed by atoms with van der Waals surface area (Å²) in [5.41, 5.74) is 8.12. The standard InChI is InChI=1S/C16H21BrN2S/c1-12(10-14-4-3-9-20-14)19(2)16-6-5-13(7-8-18)11-15(16)17/h3-6,9,11-12H,7-8,10,18H2,1-2H3. The minimum absolute atomic E-state index is 0.463. The third-order valence-corrected chi connectivity index (χ3v) is 5.10. The van der Waals surface area contributed by atoms with E-state index in [1.54, 1.807) is 0 Å². The second-order valence-electron chi connectivity index (χ2n) is 5.07. The van der Waals surface area contributed by atoms with Gasteiger partial charge in [-0.2, -0.15) is 0 Å². The maximum atomic E-state index is 5.61. The number of rotatable bonds is 6. The lowest BCUT2D eigenvalue weighted by molar-refractivity contribution is 0.687. The summed E-state index contributed by atoms with van der Waals surface area (Å²) in [5, 5.41) is 2.14. The molecule has 0 saturated carbocycles. The zero-order chi connectivity index (χ0) is 14.5. The van der Waals surface area contributed by atoms with Crippen LogP contribution in [0.25, 0.3) is 0 Å². The first-order chi connectivity index (χ1) is 9.61. The Bertz CT molecular complexity index is 539. The van der Waals surface area contributed by atoms with Crippen LogP contribution in [0.2, 0.25) is 0 Å². The highest BCUT2D eigenvalue weighted by molar-refractivity contribution is 9.10. The van der Waals surface area contributed by atoms with Crippen LogP contribution in [0, 0.1) is 0 Å². The number of thiophene rings is 1. The van der Waals surface area contributed by atoms with Crippen molar-refractivity contribution in [2.45, 2.75) is 25.8 Å². The van der Waals surface area contributed by atoms with Gasteiger partial charge in [-0.05, 0) is 65.0 Å². The molecule has 20 heavy (non-hydrogen) atoms. The fraction of sp³-hybridized carbons (Fsp3) is 0.375. The van der Waals surface area contributed by atoms with Gasteiger partial charge in [0.1, 0.15) is 0 Å². The van der Waals surface area contributed by atoms with E-state index in [2.05, 4.69) is 70.5 Å². The van der Waals surface area contributed by atoms with Gasteiger partial charge in [-0.1, -0.05) is 12.1 Å². The minimum Gasteiger partial charge on any atom is -0.371 e. The highest BCUT2D eigenvalue weighted by atomic mass is 79.9. The number of nitrogens with two attached hydrogens (primary N) is 1. The molecule has 1 aromatic heterocycles. The Morgan fingerprint density at radius 2 is 2.15 bits per heavy atom. The van der Waals surface area contributed by atoms with Crippen LogP contribution in [-0.2, 0) is 12.8 Å². The van der Waals surface area contributed by atoms with Crippen molar-refractivity contribution in [3.63, 3.8) is 0 Å². The van der Waals surface area contributed by atoms with E-state index in [1.165, 1.54) is 16.1 Å². The molecular formula is C16H21BrN2S. The van der Waals surface area contributed by atoms with Gasteiger partial charge in [0, 0.05) is 28.9 Å². The van der Waals surface area contributed by atoms with Crippen LogP contribution < -0.4 is 10.6 Å². The van der Waals surface area contributed by atoms with Crippen molar-refractivity contribution in [1.82, 2.24) is 0 Å². The molecular weight excluding hydrogens is 332 g/mol. The number of anilines is 1. The number of halogens is 1. The van der Waals surface area contributed by atoms with E-state index in [0.717, 1.165) is 17.3 Å². The van der Waals surface area contributed by atoms with Crippen LogP contribution in [0.5, 0.6) is 0 Å². The van der Waals surface area contributed by atoms with Crippen molar-refractivity contribution >= 4 is 33.0 Å². The molecule has 0 amide bonds. The number of likely N-dealkylation sites (N-methyl/N-ethyl adjacent to an activating group) is 1. The molecule has 0 fully saturated rings. The van der Waals surface area contributed by atoms with Crippen LogP contribution in [-0.4, -0.2) is 19.6 Å². The first-order valence-electron chi connectivity index (χ1n) is 6.85. The van der Waals surface area contributed by atoms with Crippen molar-refractivity contribution in [3.05, 3.63) is 50.6 Å². The van der Waals surface area contributed by atoms with Gasteiger partial charge >= 0.3 is 0 Å². The highest BCUT2D eigenvalue weighted by Crippen LogP contribution is 2.29. The summed E-state index contributed by atoms with van der Waals surface area (Å²) >= 11 is 5.51. The van der Waals surface area contributed by atoms with Gasteiger partial charge in [-0.3, -0.25) is 0 Å². The minimum atomic E-state index is 0.463. The van der Waals surface area contributed by atoms with Gasteiger partial charge in [0.15, 0.2) is 0 Å². The van der Waals surface area contributed by atoms with Crippen LogP contribution >= 0.6 is 27.3 Å². The molecule has 0 aliphatic heterocycles. The predicted molar refractivity (Wildman–Crippen MR) is 92.8 cm³/mol. The molecule has 1 aromatic carbocycles. The molecule has 0 aliphatic carbocycles. The molecule has 4 heteroatoms. The quantitative estimate of drug-likeness (QED) is 0.848. The molecule has 0 bridgehead atoms. The third-order valence-electron chi connectivity index (χ3n) is 3.56. The number of hydrogen-bond donors (Lipinski definition) is 1. The Hall–Kier alpha value is -0.840. The zero-order valence-corrected chi connectivity index (χ0v) is 14.4. The van der Waals surface area contributed by atoms with Gasteiger partial charge in [-0.25, -0.2) is 0 Å². The molecule has 2 rings (SSSR count). The van der Waals surface area contributed by atoms with Crippen molar-refractivity contribution in [1.29, 1.82) is 0 Å². The maximum absolute atomic E-state index is 5.61. The van der Waals surface area contributed by atoms with Crippen molar-refractivity contribution in [3.8, 4) is 0 Å². The number of benzene rings is 1. The van der Waals surface area contributed by atoms with Gasteiger partial charge in [0.2, 0.25) is 0 Å². The van der Waals surface area contributed by atoms with Crippen LogP contribution in [0.1, 0.15) is 17.4 Å². The Morgan fingerprint density at radius 3 is 2.75 bits per heavy atom. The van der Waals surface area contributed by atoms with E-state index in [4.69, 9.17) is 5.73 Å². The molecule has 2 nitrogen and oxygen atoms in total. The van der Waals surface area contributed by atoms with Crippen LogP contribution in [0.4, 0.5) is 5.69 Å². The monoisotopic (exact) mass is 352 g/mol. The lowest BCUT2D eigenvalue weighted by Gasteiger charge is -2.28. The van der Waals surface area contributed by atoms with Gasteiger partial charge in [0.05, 0.1) is 5.69 Å². The maximum Gasteiger partial charge on any atom is 0.0510 e. The highest BCUT2D eigenvalue weighted by Gasteiger charge is 2.14. The van der Waals surface area contributed by atoms with Gasteiger partial charge in [0.25, 0.3) is 0 Å². The van der Waals surface area contributed by atoms with Crippen molar-refractivity contribution in [2.75, 3.05) is 18.5 Å². The summed E-state index contributed by atoms with van der Waals surface area (Å²) in [4.78, 5) is 3.76. The molecule has 2 aromatic rings. The van der Waals surface area contributed by atoms with E-state index in [0.29, 0.717) is 12.6 Å². The van der Waals surface area contributed by atoms with E-state index >= 15 is 0 Å². The Morgan fingerprint density at radius 1 is 1.35 bits per heavy atom. The summed E-state index contributed by atoms with van der Waals surface area (Å²) in [7, 11) is 2.15. The van der Waals surface area contributed by atoms with E-state index < -0.39 is 0 Å². The van der Waals surface area contributed by atoms with E-state index in [-0.39, 0.29) is 0 Å². The summed E-state index contributed by atoms with van der Waals surface area (Å²) in [6.45, 7) is 2.95. The zero-order valence-electron chi connectivity index (χ0n) is 12.0. The fourth-order valence-electron chi connectivity index (χ4n) is 2.25. The summed E-state index contributed by atoms with van der Waals surface area (Å²) in [6.07, 6.45) is 2.00. The molecule has 0 saturated heterocycles. The van der Waals surface area contributed by atoms with Gasteiger partial charge in [-0.15, -0.1) is 11.3 Å². The summed E-state index contributed by atoms with van der Waals surface area (Å²) in [6, 6.07) is 11.3. The Kier molecular flexibility index (Phi) is 5.64. The largest absolute Gasteiger partial charge is 0.371 e. The SMILES string of the molecule is CC(Cc1cccs1)N(C)c1ccc(CCN)cc1Br. The second kappa shape index (κ2) is 7.25. The smallest absolute Gasteiger partial charge is 0.0510 e. The first kappa shape index (κ1) is 15.5. The van der Waals surface area contributed by atoms with Crippen LogP contribution in [0.3, 0.4) is 0 Å². The number of hydrogen-bond acceptors (Lipinski definition) is 3. The third kappa shape index (κ3) is 3.84. The molecule has 1 atom stereocenters.